The van der Waals surface area contributed by atoms with Crippen LogP contribution in [-0.2, 0) is 4.79 Å². The molecule has 0 atom stereocenters. The maximum atomic E-state index is 13.5. The number of aromatic amines is 1. The molecule has 126 valence electrons. The Kier molecular flexibility index (Phi) is 5.29. The molecular formula is C18H17F2NO2S. The summed E-state index contributed by atoms with van der Waals surface area (Å²) in [5, 5.41) is 0. The minimum atomic E-state index is -0.676. The van der Waals surface area contributed by atoms with Crippen molar-refractivity contribution in [2.45, 2.75) is 20.8 Å². The van der Waals surface area contributed by atoms with Gasteiger partial charge in [0.1, 0.15) is 11.6 Å². The number of benzene rings is 1. The van der Waals surface area contributed by atoms with Crippen LogP contribution in [0.4, 0.5) is 8.78 Å². The Hall–Kier alpha value is -2.34. The molecule has 0 aliphatic carbocycles. The highest BCUT2D eigenvalue weighted by molar-refractivity contribution is 7.07. The number of ketones is 1. The second-order valence-electron chi connectivity index (χ2n) is 6.23. The van der Waals surface area contributed by atoms with Crippen LogP contribution < -0.4 is 14.8 Å². The van der Waals surface area contributed by atoms with Crippen molar-refractivity contribution in [3.05, 3.63) is 61.0 Å². The molecule has 0 bridgehead atoms. The normalized spacial score (nSPS) is 13.9. The number of rotatable bonds is 3. The van der Waals surface area contributed by atoms with Crippen LogP contribution in [0.5, 0.6) is 0 Å². The molecule has 3 nitrogen and oxygen atoms in total. The Morgan fingerprint density at radius 1 is 1.25 bits per heavy atom. The summed E-state index contributed by atoms with van der Waals surface area (Å²) in [7, 11) is 0. The molecule has 0 radical (unpaired) electrons. The molecule has 2 aromatic rings. The number of hydrogen-bond acceptors (Lipinski definition) is 3. The lowest BCUT2D eigenvalue weighted by Gasteiger charge is -2.12. The zero-order valence-corrected chi connectivity index (χ0v) is 14.3. The second kappa shape index (κ2) is 7.05. The molecule has 0 saturated heterocycles. The van der Waals surface area contributed by atoms with Crippen molar-refractivity contribution in [2.24, 2.45) is 5.41 Å². The molecule has 1 aromatic carbocycles. The minimum Gasteiger partial charge on any atom is -0.313 e. The molecule has 2 rings (SSSR count). The number of Topliss-reactive ketones (excluding diaryl/α,β-unsaturated/α-hetero) is 1. The molecule has 1 heterocycles. The lowest BCUT2D eigenvalue weighted by Crippen LogP contribution is -2.21. The summed E-state index contributed by atoms with van der Waals surface area (Å²) in [6, 6.07) is 3.27. The monoisotopic (exact) mass is 349 g/mol. The van der Waals surface area contributed by atoms with Crippen LogP contribution in [0.15, 0.2) is 29.1 Å². The van der Waals surface area contributed by atoms with Crippen molar-refractivity contribution < 1.29 is 13.6 Å². The van der Waals surface area contributed by atoms with Crippen LogP contribution in [0.2, 0.25) is 0 Å². The predicted molar refractivity (Wildman–Crippen MR) is 93.0 cm³/mol. The van der Waals surface area contributed by atoms with Gasteiger partial charge in [-0.05, 0) is 18.2 Å². The standard InChI is InChI=1S/C18H17F2NO2S/c1-18(2,3)15(22)10-16-21-17(23)14(24-16)6-4-5-11-7-8-12(19)9-13(11)20/h4-10H,1-3H3,(H,21,23)/b5-4+,14-6-,16-10+. The van der Waals surface area contributed by atoms with Gasteiger partial charge in [0.05, 0.1) is 9.20 Å². The van der Waals surface area contributed by atoms with E-state index in [-0.39, 0.29) is 16.9 Å². The molecule has 24 heavy (non-hydrogen) atoms. The number of halogens is 2. The number of nitrogens with one attached hydrogen (secondary N) is 1. The fraction of sp³-hybridized carbons (Fsp3) is 0.222. The summed E-state index contributed by atoms with van der Waals surface area (Å²) in [6.45, 7) is 5.39. The van der Waals surface area contributed by atoms with Crippen molar-refractivity contribution >= 4 is 35.3 Å². The average molecular weight is 349 g/mol. The van der Waals surface area contributed by atoms with Gasteiger partial charge in [0.25, 0.3) is 5.56 Å². The number of H-pyrrole nitrogens is 1. The summed E-state index contributed by atoms with van der Waals surface area (Å²) in [5.41, 5.74) is -0.627. The first-order chi connectivity index (χ1) is 11.2. The Morgan fingerprint density at radius 3 is 2.58 bits per heavy atom. The van der Waals surface area contributed by atoms with Crippen molar-refractivity contribution in [3.63, 3.8) is 0 Å². The first-order valence-corrected chi connectivity index (χ1v) is 8.07. The van der Waals surface area contributed by atoms with Gasteiger partial charge in [0.15, 0.2) is 5.78 Å². The molecule has 0 spiro atoms. The number of hydrogen-bond donors (Lipinski definition) is 1. The highest BCUT2D eigenvalue weighted by Crippen LogP contribution is 2.14. The van der Waals surface area contributed by atoms with E-state index >= 15 is 0 Å². The number of carbonyl (C=O) groups is 1. The van der Waals surface area contributed by atoms with Gasteiger partial charge in [-0.1, -0.05) is 32.9 Å². The fourth-order valence-corrected chi connectivity index (χ4v) is 2.59. The third-order valence-corrected chi connectivity index (χ3v) is 4.15. The van der Waals surface area contributed by atoms with E-state index < -0.39 is 17.0 Å². The number of thiazole rings is 1. The summed E-state index contributed by atoms with van der Waals surface area (Å²) in [6.07, 6.45) is 5.88. The van der Waals surface area contributed by atoms with Gasteiger partial charge in [0, 0.05) is 23.1 Å². The summed E-state index contributed by atoms with van der Waals surface area (Å²) < 4.78 is 27.2. The molecule has 0 saturated carbocycles. The molecule has 0 aliphatic rings. The Bertz CT molecular complexity index is 962. The van der Waals surface area contributed by atoms with Gasteiger partial charge in [-0.15, -0.1) is 11.3 Å². The lowest BCUT2D eigenvalue weighted by molar-refractivity contribution is -0.119. The van der Waals surface area contributed by atoms with Crippen LogP contribution in [-0.4, -0.2) is 10.8 Å². The molecule has 6 heteroatoms. The summed E-state index contributed by atoms with van der Waals surface area (Å²) in [5.74, 6) is -1.41. The van der Waals surface area contributed by atoms with Gasteiger partial charge in [-0.3, -0.25) is 9.59 Å². The van der Waals surface area contributed by atoms with Gasteiger partial charge in [0.2, 0.25) is 0 Å². The average Bonchev–Trinajstić information content (AvgIpc) is 2.80. The molecule has 0 amide bonds. The lowest BCUT2D eigenvalue weighted by atomic mass is 9.91. The first-order valence-electron chi connectivity index (χ1n) is 7.25. The van der Waals surface area contributed by atoms with E-state index in [0.29, 0.717) is 9.20 Å². The molecule has 1 N–H and O–H groups in total. The predicted octanol–water partition coefficient (Wildman–Crippen LogP) is 2.60. The first kappa shape index (κ1) is 18.0. The molecule has 0 unspecified atom stereocenters. The highest BCUT2D eigenvalue weighted by atomic mass is 32.1. The van der Waals surface area contributed by atoms with E-state index in [1.54, 1.807) is 20.8 Å². The largest absolute Gasteiger partial charge is 0.313 e. The number of carbonyl (C=O) groups excluding carboxylic acids is 1. The summed E-state index contributed by atoms with van der Waals surface area (Å²) in [4.78, 5) is 26.4. The number of allylic oxidation sites excluding steroid dienone is 1. The zero-order chi connectivity index (χ0) is 17.9. The Labute approximate surface area is 141 Å². The van der Waals surface area contributed by atoms with Gasteiger partial charge < -0.3 is 4.98 Å². The third-order valence-electron chi connectivity index (χ3n) is 3.17. The molecule has 0 aliphatic heterocycles. The van der Waals surface area contributed by atoms with Crippen molar-refractivity contribution in [1.82, 2.24) is 4.98 Å². The van der Waals surface area contributed by atoms with E-state index in [2.05, 4.69) is 4.98 Å². The SMILES string of the molecule is CC(C)(C)C(=O)/C=c1\[nH]c(=O)/c(=C/C=C/c2ccc(F)cc2F)s1. The van der Waals surface area contributed by atoms with Crippen LogP contribution in [0, 0.1) is 17.0 Å². The van der Waals surface area contributed by atoms with E-state index in [9.17, 15) is 18.4 Å². The quantitative estimate of drug-likeness (QED) is 0.926. The van der Waals surface area contributed by atoms with Crippen molar-refractivity contribution in [2.75, 3.05) is 0 Å². The minimum absolute atomic E-state index is 0.0875. The maximum absolute atomic E-state index is 13.5. The van der Waals surface area contributed by atoms with E-state index in [4.69, 9.17) is 0 Å². The highest BCUT2D eigenvalue weighted by Gasteiger charge is 2.18. The zero-order valence-electron chi connectivity index (χ0n) is 13.5. The molecular weight excluding hydrogens is 332 g/mol. The molecule has 1 aromatic heterocycles. The van der Waals surface area contributed by atoms with E-state index in [1.807, 2.05) is 0 Å². The van der Waals surface area contributed by atoms with Crippen molar-refractivity contribution in [1.29, 1.82) is 0 Å². The van der Waals surface area contributed by atoms with Crippen LogP contribution in [0.1, 0.15) is 26.3 Å². The van der Waals surface area contributed by atoms with Crippen LogP contribution in [0.25, 0.3) is 18.2 Å². The Morgan fingerprint density at radius 2 is 1.96 bits per heavy atom. The van der Waals surface area contributed by atoms with Gasteiger partial charge in [-0.25, -0.2) is 8.78 Å². The summed E-state index contributed by atoms with van der Waals surface area (Å²) >= 11 is 1.14. The van der Waals surface area contributed by atoms with E-state index in [0.717, 1.165) is 23.5 Å². The third kappa shape index (κ3) is 4.58. The van der Waals surface area contributed by atoms with Crippen LogP contribution >= 0.6 is 11.3 Å². The maximum Gasteiger partial charge on any atom is 0.266 e. The number of aromatic nitrogens is 1. The Balaban J connectivity index is 2.32. The topological polar surface area (TPSA) is 49.9 Å². The second-order valence-corrected chi connectivity index (χ2v) is 7.32. The van der Waals surface area contributed by atoms with Gasteiger partial charge in [-0.2, -0.15) is 0 Å². The van der Waals surface area contributed by atoms with E-state index in [1.165, 1.54) is 30.4 Å². The van der Waals surface area contributed by atoms with Crippen LogP contribution in [0.3, 0.4) is 0 Å². The molecule has 0 fully saturated rings. The fourth-order valence-electron chi connectivity index (χ4n) is 1.75. The van der Waals surface area contributed by atoms with Gasteiger partial charge >= 0.3 is 0 Å². The van der Waals surface area contributed by atoms with Crippen molar-refractivity contribution in [3.8, 4) is 0 Å². The smallest absolute Gasteiger partial charge is 0.266 e.